The van der Waals surface area contributed by atoms with Gasteiger partial charge in [-0.15, -0.1) is 0 Å². The number of amides is 1. The monoisotopic (exact) mass is 268 g/mol. The molecule has 108 valence electrons. The standard InChI is InChI=1S/C14H24N2O3/c15-9-10-4-1-2-6-12(10)14(19)16-7-3-5-11(16)8-13(17)18/h10-12H,1-9,15H2,(H,17,18). The first kappa shape index (κ1) is 14.3. The van der Waals surface area contributed by atoms with Crippen molar-refractivity contribution in [1.29, 1.82) is 0 Å². The van der Waals surface area contributed by atoms with Crippen LogP contribution >= 0.6 is 0 Å². The Labute approximate surface area is 114 Å². The number of carboxylic acids is 1. The zero-order chi connectivity index (χ0) is 13.8. The lowest BCUT2D eigenvalue weighted by Gasteiger charge is -2.34. The van der Waals surface area contributed by atoms with Crippen LogP contribution < -0.4 is 5.73 Å². The van der Waals surface area contributed by atoms with Crippen molar-refractivity contribution in [3.63, 3.8) is 0 Å². The van der Waals surface area contributed by atoms with Gasteiger partial charge in [-0.2, -0.15) is 0 Å². The lowest BCUT2D eigenvalue weighted by atomic mass is 9.78. The van der Waals surface area contributed by atoms with Gasteiger partial charge in [0.15, 0.2) is 0 Å². The van der Waals surface area contributed by atoms with Crippen LogP contribution in [0.15, 0.2) is 0 Å². The molecule has 0 radical (unpaired) electrons. The number of rotatable bonds is 4. The van der Waals surface area contributed by atoms with Crippen molar-refractivity contribution in [3.8, 4) is 0 Å². The molecule has 0 aromatic carbocycles. The van der Waals surface area contributed by atoms with Gasteiger partial charge < -0.3 is 15.7 Å². The first-order valence-electron chi connectivity index (χ1n) is 7.35. The zero-order valence-electron chi connectivity index (χ0n) is 11.4. The minimum atomic E-state index is -0.816. The molecule has 0 bridgehead atoms. The maximum Gasteiger partial charge on any atom is 0.305 e. The summed E-state index contributed by atoms with van der Waals surface area (Å²) in [6.45, 7) is 1.28. The predicted octanol–water partition coefficient (Wildman–Crippen LogP) is 1.22. The van der Waals surface area contributed by atoms with Gasteiger partial charge in [-0.1, -0.05) is 12.8 Å². The van der Waals surface area contributed by atoms with Crippen molar-refractivity contribution in [3.05, 3.63) is 0 Å². The summed E-state index contributed by atoms with van der Waals surface area (Å²) in [4.78, 5) is 25.3. The van der Waals surface area contributed by atoms with Gasteiger partial charge in [0.05, 0.1) is 6.42 Å². The molecule has 2 aliphatic rings. The van der Waals surface area contributed by atoms with Crippen molar-refractivity contribution in [2.75, 3.05) is 13.1 Å². The second kappa shape index (κ2) is 6.37. The number of likely N-dealkylation sites (tertiary alicyclic amines) is 1. The van der Waals surface area contributed by atoms with E-state index in [9.17, 15) is 9.59 Å². The van der Waals surface area contributed by atoms with Gasteiger partial charge in [0, 0.05) is 18.5 Å². The molecule has 3 N–H and O–H groups in total. The van der Waals surface area contributed by atoms with E-state index in [2.05, 4.69) is 0 Å². The molecule has 5 nitrogen and oxygen atoms in total. The van der Waals surface area contributed by atoms with Crippen LogP contribution in [0.2, 0.25) is 0 Å². The van der Waals surface area contributed by atoms with Crippen molar-refractivity contribution in [1.82, 2.24) is 4.90 Å². The Bertz CT molecular complexity index is 346. The van der Waals surface area contributed by atoms with Crippen LogP contribution in [0.3, 0.4) is 0 Å². The van der Waals surface area contributed by atoms with Gasteiger partial charge in [0.25, 0.3) is 0 Å². The summed E-state index contributed by atoms with van der Waals surface area (Å²) >= 11 is 0. The number of carboxylic acid groups (broad SMARTS) is 1. The zero-order valence-corrected chi connectivity index (χ0v) is 11.4. The minimum Gasteiger partial charge on any atom is -0.481 e. The van der Waals surface area contributed by atoms with Crippen molar-refractivity contribution in [2.24, 2.45) is 17.6 Å². The number of nitrogens with two attached hydrogens (primary N) is 1. The summed E-state index contributed by atoms with van der Waals surface area (Å²) in [6, 6.07) is -0.106. The minimum absolute atomic E-state index is 0.0214. The summed E-state index contributed by atoms with van der Waals surface area (Å²) in [5.74, 6) is -0.358. The number of aliphatic carboxylic acids is 1. The molecule has 1 saturated carbocycles. The van der Waals surface area contributed by atoms with Crippen LogP contribution in [-0.4, -0.2) is 41.0 Å². The van der Waals surface area contributed by atoms with Crippen LogP contribution in [0.25, 0.3) is 0 Å². The lowest BCUT2D eigenvalue weighted by Crippen LogP contribution is -2.45. The quantitative estimate of drug-likeness (QED) is 0.803. The third-order valence-electron chi connectivity index (χ3n) is 4.60. The fourth-order valence-corrected chi connectivity index (χ4v) is 3.57. The first-order chi connectivity index (χ1) is 9.13. The molecule has 0 spiro atoms. The number of carbonyl (C=O) groups is 2. The number of carbonyl (C=O) groups excluding carboxylic acids is 1. The highest BCUT2D eigenvalue weighted by atomic mass is 16.4. The van der Waals surface area contributed by atoms with Crippen LogP contribution in [0.5, 0.6) is 0 Å². The van der Waals surface area contributed by atoms with Crippen LogP contribution in [0.1, 0.15) is 44.9 Å². The summed E-state index contributed by atoms with van der Waals surface area (Å²) in [6.07, 6.45) is 6.00. The molecule has 0 aromatic heterocycles. The van der Waals surface area contributed by atoms with Gasteiger partial charge in [-0.3, -0.25) is 9.59 Å². The third kappa shape index (κ3) is 3.26. The molecule has 1 aliphatic carbocycles. The maximum absolute atomic E-state index is 12.6. The Morgan fingerprint density at radius 2 is 1.89 bits per heavy atom. The van der Waals surface area contributed by atoms with Crippen LogP contribution in [0, 0.1) is 11.8 Å². The van der Waals surface area contributed by atoms with Crippen molar-refractivity contribution < 1.29 is 14.7 Å². The maximum atomic E-state index is 12.6. The molecule has 0 aromatic rings. The Kier molecular flexibility index (Phi) is 4.80. The van der Waals surface area contributed by atoms with Gasteiger partial charge in [0.2, 0.25) is 5.91 Å². The fraction of sp³-hybridized carbons (Fsp3) is 0.857. The van der Waals surface area contributed by atoms with Crippen LogP contribution in [-0.2, 0) is 9.59 Å². The fourth-order valence-electron chi connectivity index (χ4n) is 3.57. The van der Waals surface area contributed by atoms with E-state index >= 15 is 0 Å². The van der Waals surface area contributed by atoms with Crippen molar-refractivity contribution in [2.45, 2.75) is 51.0 Å². The molecule has 1 amide bonds. The normalized spacial score (nSPS) is 31.4. The highest BCUT2D eigenvalue weighted by Gasteiger charge is 2.37. The highest BCUT2D eigenvalue weighted by Crippen LogP contribution is 2.33. The topological polar surface area (TPSA) is 83.6 Å². The van der Waals surface area contributed by atoms with Crippen LogP contribution in [0.4, 0.5) is 0 Å². The average molecular weight is 268 g/mol. The van der Waals surface area contributed by atoms with Gasteiger partial charge in [-0.05, 0) is 38.1 Å². The molecule has 1 saturated heterocycles. The second-order valence-electron chi connectivity index (χ2n) is 5.81. The van der Waals surface area contributed by atoms with E-state index in [0.717, 1.165) is 38.5 Å². The molecular formula is C14H24N2O3. The molecule has 3 unspecified atom stereocenters. The number of hydrogen-bond acceptors (Lipinski definition) is 3. The van der Waals surface area contributed by atoms with E-state index < -0.39 is 5.97 Å². The molecule has 1 aliphatic heterocycles. The van der Waals surface area contributed by atoms with E-state index in [1.165, 1.54) is 0 Å². The first-order valence-corrected chi connectivity index (χ1v) is 7.35. The van der Waals surface area contributed by atoms with E-state index in [0.29, 0.717) is 13.1 Å². The Morgan fingerprint density at radius 1 is 1.16 bits per heavy atom. The average Bonchev–Trinajstić information content (AvgIpc) is 2.85. The molecule has 19 heavy (non-hydrogen) atoms. The Balaban J connectivity index is 2.02. The summed E-state index contributed by atoms with van der Waals surface area (Å²) in [5, 5.41) is 8.92. The summed E-state index contributed by atoms with van der Waals surface area (Å²) < 4.78 is 0. The lowest BCUT2D eigenvalue weighted by molar-refractivity contribution is -0.142. The van der Waals surface area contributed by atoms with E-state index in [-0.39, 0.29) is 30.2 Å². The molecular weight excluding hydrogens is 244 g/mol. The number of hydrogen-bond donors (Lipinski definition) is 2. The molecule has 2 rings (SSSR count). The van der Waals surface area contributed by atoms with Gasteiger partial charge >= 0.3 is 5.97 Å². The molecule has 5 heteroatoms. The molecule has 1 heterocycles. The highest BCUT2D eigenvalue weighted by molar-refractivity contribution is 5.80. The van der Waals surface area contributed by atoms with Gasteiger partial charge in [-0.25, -0.2) is 0 Å². The Morgan fingerprint density at radius 3 is 2.58 bits per heavy atom. The van der Waals surface area contributed by atoms with Crippen molar-refractivity contribution >= 4 is 11.9 Å². The largest absolute Gasteiger partial charge is 0.481 e. The SMILES string of the molecule is NCC1CCCCC1C(=O)N1CCCC1CC(=O)O. The third-order valence-corrected chi connectivity index (χ3v) is 4.60. The predicted molar refractivity (Wildman–Crippen MR) is 71.5 cm³/mol. The van der Waals surface area contributed by atoms with E-state index in [1.807, 2.05) is 4.90 Å². The Hall–Kier alpha value is -1.10. The molecule has 3 atom stereocenters. The summed E-state index contributed by atoms with van der Waals surface area (Å²) in [5.41, 5.74) is 5.78. The van der Waals surface area contributed by atoms with Gasteiger partial charge in [0.1, 0.15) is 0 Å². The molecule has 2 fully saturated rings. The van der Waals surface area contributed by atoms with E-state index in [4.69, 9.17) is 10.8 Å². The number of nitrogens with zero attached hydrogens (tertiary/aromatic N) is 1. The van der Waals surface area contributed by atoms with E-state index in [1.54, 1.807) is 0 Å². The smallest absolute Gasteiger partial charge is 0.305 e. The summed E-state index contributed by atoms with van der Waals surface area (Å²) in [7, 11) is 0. The second-order valence-corrected chi connectivity index (χ2v) is 5.81.